The van der Waals surface area contributed by atoms with Gasteiger partial charge in [-0.25, -0.2) is 0 Å². The van der Waals surface area contributed by atoms with E-state index in [2.05, 4.69) is 22.4 Å². The molecule has 5 nitrogen and oxygen atoms in total. The highest BCUT2D eigenvalue weighted by atomic mass is 16.5. The zero-order valence-electron chi connectivity index (χ0n) is 11.3. The Hall–Kier alpha value is -0.940. The summed E-state index contributed by atoms with van der Waals surface area (Å²) in [5.41, 5.74) is 0. The van der Waals surface area contributed by atoms with E-state index in [-0.39, 0.29) is 0 Å². The molecular weight excluding hydrogens is 230 g/mol. The molecule has 1 N–H and O–H groups in total. The van der Waals surface area contributed by atoms with Crippen LogP contribution in [0.1, 0.15) is 57.2 Å². The summed E-state index contributed by atoms with van der Waals surface area (Å²) in [6.07, 6.45) is 4.86. The molecule has 1 saturated carbocycles. The van der Waals surface area contributed by atoms with Gasteiger partial charge in [-0.1, -0.05) is 24.9 Å². The molecule has 1 aromatic heterocycles. The van der Waals surface area contributed by atoms with Crippen LogP contribution in [0.15, 0.2) is 4.52 Å². The molecular formula is C13H23N3O2. The SMILES string of the molecule is CCNC1CCCCC1c1nc(COCC)no1. The van der Waals surface area contributed by atoms with Crippen LogP contribution in [0.5, 0.6) is 0 Å². The maximum atomic E-state index is 5.40. The quantitative estimate of drug-likeness (QED) is 0.842. The number of nitrogens with one attached hydrogen (secondary N) is 1. The van der Waals surface area contributed by atoms with Gasteiger partial charge in [-0.2, -0.15) is 4.98 Å². The second-order valence-electron chi connectivity index (χ2n) is 4.74. The number of aromatic nitrogens is 2. The third-order valence-corrected chi connectivity index (χ3v) is 3.47. The maximum absolute atomic E-state index is 5.40. The molecule has 0 amide bonds. The van der Waals surface area contributed by atoms with Crippen LogP contribution in [0, 0.1) is 0 Å². The summed E-state index contributed by atoms with van der Waals surface area (Å²) in [6.45, 7) is 6.20. The molecule has 0 spiro atoms. The van der Waals surface area contributed by atoms with Crippen molar-refractivity contribution in [1.29, 1.82) is 0 Å². The van der Waals surface area contributed by atoms with E-state index >= 15 is 0 Å². The molecule has 1 heterocycles. The Morgan fingerprint density at radius 3 is 2.94 bits per heavy atom. The van der Waals surface area contributed by atoms with Crippen molar-refractivity contribution in [1.82, 2.24) is 15.5 Å². The van der Waals surface area contributed by atoms with Crippen LogP contribution in [0.4, 0.5) is 0 Å². The first-order chi connectivity index (χ1) is 8.85. The first-order valence-electron chi connectivity index (χ1n) is 6.98. The summed E-state index contributed by atoms with van der Waals surface area (Å²) in [7, 11) is 0. The number of ether oxygens (including phenoxy) is 1. The van der Waals surface area contributed by atoms with Gasteiger partial charge in [0, 0.05) is 12.6 Å². The lowest BCUT2D eigenvalue weighted by molar-refractivity contribution is 0.126. The summed E-state index contributed by atoms with van der Waals surface area (Å²) in [5, 5.41) is 7.51. The summed E-state index contributed by atoms with van der Waals surface area (Å²) >= 11 is 0. The summed E-state index contributed by atoms with van der Waals surface area (Å²) in [4.78, 5) is 4.46. The van der Waals surface area contributed by atoms with Gasteiger partial charge in [0.15, 0.2) is 5.82 Å². The van der Waals surface area contributed by atoms with Crippen molar-refractivity contribution < 1.29 is 9.26 Å². The minimum Gasteiger partial charge on any atom is -0.374 e. The van der Waals surface area contributed by atoms with Gasteiger partial charge in [0.1, 0.15) is 6.61 Å². The van der Waals surface area contributed by atoms with Gasteiger partial charge in [0.25, 0.3) is 0 Å². The number of nitrogens with zero attached hydrogens (tertiary/aromatic N) is 2. The Balaban J connectivity index is 2.01. The first kappa shape index (κ1) is 13.5. The zero-order valence-corrected chi connectivity index (χ0v) is 11.3. The second kappa shape index (κ2) is 6.85. The van der Waals surface area contributed by atoms with Gasteiger partial charge in [0.2, 0.25) is 5.89 Å². The van der Waals surface area contributed by atoms with Crippen LogP contribution < -0.4 is 5.32 Å². The topological polar surface area (TPSA) is 60.2 Å². The Bertz CT molecular complexity index is 352. The number of likely N-dealkylation sites (N-methyl/N-ethyl adjacent to an activating group) is 1. The monoisotopic (exact) mass is 253 g/mol. The van der Waals surface area contributed by atoms with E-state index in [0.717, 1.165) is 18.9 Å². The van der Waals surface area contributed by atoms with Crippen LogP contribution in [0.3, 0.4) is 0 Å². The molecule has 0 radical (unpaired) electrons. The number of hydrogen-bond acceptors (Lipinski definition) is 5. The van der Waals surface area contributed by atoms with Crippen LogP contribution in [-0.2, 0) is 11.3 Å². The molecule has 1 aliphatic rings. The molecule has 1 fully saturated rings. The van der Waals surface area contributed by atoms with E-state index in [1.165, 1.54) is 19.3 Å². The van der Waals surface area contributed by atoms with Gasteiger partial charge >= 0.3 is 0 Å². The molecule has 1 aliphatic carbocycles. The normalized spacial score (nSPS) is 24.3. The molecule has 18 heavy (non-hydrogen) atoms. The van der Waals surface area contributed by atoms with Gasteiger partial charge in [0.05, 0.1) is 5.92 Å². The van der Waals surface area contributed by atoms with Gasteiger partial charge in [-0.05, 0) is 26.3 Å². The summed E-state index contributed by atoms with van der Waals surface area (Å²) in [6, 6.07) is 0.476. The molecule has 2 rings (SSSR count). The Labute approximate surface area is 108 Å². The predicted octanol–water partition coefficient (Wildman–Crippen LogP) is 2.24. The van der Waals surface area contributed by atoms with Gasteiger partial charge in [-0.3, -0.25) is 0 Å². The third-order valence-electron chi connectivity index (χ3n) is 3.47. The van der Waals surface area contributed by atoms with E-state index in [1.54, 1.807) is 0 Å². The van der Waals surface area contributed by atoms with Crippen molar-refractivity contribution in [2.45, 2.75) is 58.1 Å². The van der Waals surface area contributed by atoms with Gasteiger partial charge in [-0.15, -0.1) is 0 Å². The highest BCUT2D eigenvalue weighted by molar-refractivity contribution is 5.01. The minimum atomic E-state index is 0.363. The summed E-state index contributed by atoms with van der Waals surface area (Å²) < 4.78 is 10.7. The predicted molar refractivity (Wildman–Crippen MR) is 68.3 cm³/mol. The Morgan fingerprint density at radius 1 is 1.33 bits per heavy atom. The fourth-order valence-electron chi connectivity index (χ4n) is 2.60. The molecule has 5 heteroatoms. The summed E-state index contributed by atoms with van der Waals surface area (Å²) in [5.74, 6) is 1.80. The van der Waals surface area contributed by atoms with Crippen LogP contribution in [0.25, 0.3) is 0 Å². The van der Waals surface area contributed by atoms with Crippen molar-refractivity contribution in [3.05, 3.63) is 11.7 Å². The maximum Gasteiger partial charge on any atom is 0.231 e. The lowest BCUT2D eigenvalue weighted by atomic mass is 9.84. The molecule has 0 bridgehead atoms. The molecule has 102 valence electrons. The van der Waals surface area contributed by atoms with Crippen LogP contribution in [-0.4, -0.2) is 29.3 Å². The van der Waals surface area contributed by atoms with Crippen molar-refractivity contribution in [3.8, 4) is 0 Å². The fourth-order valence-corrected chi connectivity index (χ4v) is 2.60. The Morgan fingerprint density at radius 2 is 2.17 bits per heavy atom. The van der Waals surface area contributed by atoms with E-state index in [1.807, 2.05) is 6.92 Å². The molecule has 2 atom stereocenters. The first-order valence-corrected chi connectivity index (χ1v) is 6.98. The number of rotatable bonds is 6. The van der Waals surface area contributed by atoms with Gasteiger partial charge < -0.3 is 14.6 Å². The standard InChI is InChI=1S/C13H23N3O2/c1-3-14-11-8-6-5-7-10(11)13-15-12(16-18-13)9-17-4-2/h10-11,14H,3-9H2,1-2H3. The Kier molecular flexibility index (Phi) is 5.13. The lowest BCUT2D eigenvalue weighted by Crippen LogP contribution is -2.37. The fraction of sp³-hybridized carbons (Fsp3) is 0.846. The molecule has 0 saturated heterocycles. The third kappa shape index (κ3) is 3.29. The van der Waals surface area contributed by atoms with Crippen molar-refractivity contribution >= 4 is 0 Å². The molecule has 2 unspecified atom stereocenters. The average molecular weight is 253 g/mol. The zero-order chi connectivity index (χ0) is 12.8. The average Bonchev–Trinajstić information content (AvgIpc) is 2.86. The molecule has 0 aromatic carbocycles. The minimum absolute atomic E-state index is 0.363. The smallest absolute Gasteiger partial charge is 0.231 e. The van der Waals surface area contributed by atoms with Crippen LogP contribution >= 0.6 is 0 Å². The largest absolute Gasteiger partial charge is 0.374 e. The highest BCUT2D eigenvalue weighted by Crippen LogP contribution is 2.32. The van der Waals surface area contributed by atoms with E-state index in [0.29, 0.717) is 31.0 Å². The highest BCUT2D eigenvalue weighted by Gasteiger charge is 2.30. The van der Waals surface area contributed by atoms with Crippen molar-refractivity contribution in [2.24, 2.45) is 0 Å². The van der Waals surface area contributed by atoms with E-state index in [4.69, 9.17) is 9.26 Å². The van der Waals surface area contributed by atoms with Crippen LogP contribution in [0.2, 0.25) is 0 Å². The van der Waals surface area contributed by atoms with E-state index < -0.39 is 0 Å². The van der Waals surface area contributed by atoms with E-state index in [9.17, 15) is 0 Å². The lowest BCUT2D eigenvalue weighted by Gasteiger charge is -2.29. The molecule has 1 aromatic rings. The van der Waals surface area contributed by atoms with Crippen molar-refractivity contribution in [2.75, 3.05) is 13.2 Å². The number of hydrogen-bond donors (Lipinski definition) is 1. The molecule has 0 aliphatic heterocycles. The second-order valence-corrected chi connectivity index (χ2v) is 4.74. The van der Waals surface area contributed by atoms with Crippen molar-refractivity contribution in [3.63, 3.8) is 0 Å².